The Morgan fingerprint density at radius 3 is 1.50 bits per heavy atom. The standard InChI is InChI=1S/C53H45N/c1-40-24-30-47(31-25-40)53(46-20-9-4-10-21-46)38-42-28-35-50(36-29-42)54(51-37-32-43-15-11-12-22-48(43)39-51)49-33-26-41(27-34-49)14-13-23-52(44-16-5-2-6-17-44)45-18-7-3-8-19-45/h2-10,13-14,16-21,23-39H,11-12,15,22H2,1H3/b14-13+,53-38+. The summed E-state index contributed by atoms with van der Waals surface area (Å²) in [4.78, 5) is 2.40. The Bertz CT molecular complexity index is 2340. The first kappa shape index (κ1) is 34.6. The molecule has 0 aromatic heterocycles. The highest BCUT2D eigenvalue weighted by molar-refractivity contribution is 5.92. The topological polar surface area (TPSA) is 3.24 Å². The third-order valence-corrected chi connectivity index (χ3v) is 10.4. The molecule has 0 amide bonds. The lowest BCUT2D eigenvalue weighted by Crippen LogP contribution is -2.12. The largest absolute Gasteiger partial charge is 0.310 e. The van der Waals surface area contributed by atoms with Crippen LogP contribution in [0.3, 0.4) is 0 Å². The van der Waals surface area contributed by atoms with Gasteiger partial charge in [0.2, 0.25) is 0 Å². The Hall–Kier alpha value is -6.44. The second-order valence-corrected chi connectivity index (χ2v) is 14.1. The van der Waals surface area contributed by atoms with Crippen molar-refractivity contribution >= 4 is 40.4 Å². The van der Waals surface area contributed by atoms with Crippen molar-refractivity contribution in [3.05, 3.63) is 244 Å². The molecule has 0 fully saturated rings. The second-order valence-electron chi connectivity index (χ2n) is 14.1. The molecule has 0 saturated heterocycles. The van der Waals surface area contributed by atoms with Gasteiger partial charge in [0.1, 0.15) is 0 Å². The second kappa shape index (κ2) is 16.5. The summed E-state index contributed by atoms with van der Waals surface area (Å²) in [7, 11) is 0. The van der Waals surface area contributed by atoms with Gasteiger partial charge in [0.25, 0.3) is 0 Å². The molecule has 0 saturated carbocycles. The van der Waals surface area contributed by atoms with Crippen LogP contribution in [0.15, 0.2) is 194 Å². The zero-order chi connectivity index (χ0) is 36.5. The molecule has 7 aromatic rings. The van der Waals surface area contributed by atoms with E-state index in [2.05, 4.69) is 218 Å². The predicted octanol–water partition coefficient (Wildman–Crippen LogP) is 14.1. The molecule has 1 aliphatic carbocycles. The van der Waals surface area contributed by atoms with Gasteiger partial charge < -0.3 is 4.90 Å². The minimum Gasteiger partial charge on any atom is -0.310 e. The van der Waals surface area contributed by atoms with Crippen LogP contribution in [-0.4, -0.2) is 0 Å². The van der Waals surface area contributed by atoms with Gasteiger partial charge in [-0.3, -0.25) is 0 Å². The maximum absolute atomic E-state index is 2.42. The van der Waals surface area contributed by atoms with Crippen LogP contribution >= 0.6 is 0 Å². The van der Waals surface area contributed by atoms with Crippen LogP contribution in [0.5, 0.6) is 0 Å². The number of hydrogen-bond acceptors (Lipinski definition) is 1. The minimum atomic E-state index is 1.14. The van der Waals surface area contributed by atoms with E-state index in [1.807, 2.05) is 0 Å². The van der Waals surface area contributed by atoms with Gasteiger partial charge in [-0.2, -0.15) is 0 Å². The zero-order valence-corrected chi connectivity index (χ0v) is 30.9. The molecule has 0 spiro atoms. The van der Waals surface area contributed by atoms with E-state index in [-0.39, 0.29) is 0 Å². The molecule has 0 radical (unpaired) electrons. The van der Waals surface area contributed by atoms with Crippen LogP contribution in [0.25, 0.3) is 23.3 Å². The summed E-state index contributed by atoms with van der Waals surface area (Å²) in [5, 5.41) is 0. The van der Waals surface area contributed by atoms with E-state index < -0.39 is 0 Å². The molecule has 0 aliphatic heterocycles. The van der Waals surface area contributed by atoms with Crippen molar-refractivity contribution < 1.29 is 0 Å². The summed E-state index contributed by atoms with van der Waals surface area (Å²) in [5.74, 6) is 0. The molecule has 0 atom stereocenters. The fraction of sp³-hybridized carbons (Fsp3) is 0.0943. The fourth-order valence-electron chi connectivity index (χ4n) is 7.46. The van der Waals surface area contributed by atoms with E-state index in [4.69, 9.17) is 0 Å². The third-order valence-electron chi connectivity index (χ3n) is 10.4. The molecular formula is C53H45N. The van der Waals surface area contributed by atoms with E-state index in [0.29, 0.717) is 0 Å². The summed E-state index contributed by atoms with van der Waals surface area (Å²) >= 11 is 0. The van der Waals surface area contributed by atoms with Gasteiger partial charge in [-0.1, -0.05) is 169 Å². The fourth-order valence-corrected chi connectivity index (χ4v) is 7.46. The first-order chi connectivity index (χ1) is 26.7. The molecule has 0 N–H and O–H groups in total. The normalized spacial score (nSPS) is 12.6. The lowest BCUT2D eigenvalue weighted by atomic mass is 9.91. The smallest absolute Gasteiger partial charge is 0.0464 e. The van der Waals surface area contributed by atoms with E-state index in [1.54, 1.807) is 0 Å². The molecule has 8 rings (SSSR count). The molecule has 0 heterocycles. The summed E-state index contributed by atoms with van der Waals surface area (Å²) < 4.78 is 0. The van der Waals surface area contributed by atoms with Gasteiger partial charge in [-0.05, 0) is 131 Å². The van der Waals surface area contributed by atoms with Crippen molar-refractivity contribution in [1.82, 2.24) is 0 Å². The Morgan fingerprint density at radius 1 is 0.444 bits per heavy atom. The number of benzene rings is 7. The van der Waals surface area contributed by atoms with Gasteiger partial charge in [-0.25, -0.2) is 0 Å². The van der Waals surface area contributed by atoms with Crippen molar-refractivity contribution in [2.75, 3.05) is 4.90 Å². The van der Waals surface area contributed by atoms with Crippen molar-refractivity contribution in [2.45, 2.75) is 32.6 Å². The molecule has 1 aliphatic rings. The van der Waals surface area contributed by atoms with Crippen LogP contribution in [0.4, 0.5) is 17.1 Å². The highest BCUT2D eigenvalue weighted by atomic mass is 15.1. The maximum atomic E-state index is 2.42. The lowest BCUT2D eigenvalue weighted by molar-refractivity contribution is 0.685. The lowest BCUT2D eigenvalue weighted by Gasteiger charge is -2.27. The van der Waals surface area contributed by atoms with Crippen LogP contribution in [-0.2, 0) is 12.8 Å². The van der Waals surface area contributed by atoms with Crippen LogP contribution in [0, 0.1) is 6.92 Å². The van der Waals surface area contributed by atoms with E-state index >= 15 is 0 Å². The predicted molar refractivity (Wildman–Crippen MR) is 231 cm³/mol. The number of fused-ring (bicyclic) bond motifs is 1. The Balaban J connectivity index is 1.12. The highest BCUT2D eigenvalue weighted by Gasteiger charge is 2.17. The van der Waals surface area contributed by atoms with Crippen molar-refractivity contribution in [3.63, 3.8) is 0 Å². The Labute approximate surface area is 320 Å². The first-order valence-corrected chi connectivity index (χ1v) is 19.1. The molecule has 7 aromatic carbocycles. The SMILES string of the molecule is Cc1ccc(/C(=C/c2ccc(N(c3ccc(/C=C/C=C(c4ccccc4)c4ccccc4)cc3)c3ccc4c(c3)CCCC4)cc2)c2ccccc2)cc1. The summed E-state index contributed by atoms with van der Waals surface area (Å²) in [5.41, 5.74) is 17.3. The average Bonchev–Trinajstić information content (AvgIpc) is 3.24. The van der Waals surface area contributed by atoms with Gasteiger partial charge in [0.05, 0.1) is 0 Å². The van der Waals surface area contributed by atoms with E-state index in [0.717, 1.165) is 23.4 Å². The molecule has 0 unspecified atom stereocenters. The van der Waals surface area contributed by atoms with E-state index in [9.17, 15) is 0 Å². The molecule has 54 heavy (non-hydrogen) atoms. The summed E-state index contributed by atoms with van der Waals surface area (Å²) in [6.45, 7) is 2.14. The van der Waals surface area contributed by atoms with Crippen molar-refractivity contribution in [2.24, 2.45) is 0 Å². The first-order valence-electron chi connectivity index (χ1n) is 19.1. The van der Waals surface area contributed by atoms with Gasteiger partial charge >= 0.3 is 0 Å². The highest BCUT2D eigenvalue weighted by Crippen LogP contribution is 2.38. The molecule has 1 heteroatoms. The molecule has 262 valence electrons. The maximum Gasteiger partial charge on any atom is 0.0464 e. The molecule has 0 bridgehead atoms. The third kappa shape index (κ3) is 8.12. The van der Waals surface area contributed by atoms with Crippen molar-refractivity contribution in [3.8, 4) is 0 Å². The Kier molecular flexibility index (Phi) is 10.6. The number of rotatable bonds is 10. The summed E-state index contributed by atoms with van der Waals surface area (Å²) in [6.07, 6.45) is 13.7. The summed E-state index contributed by atoms with van der Waals surface area (Å²) in [6, 6.07) is 65.8. The van der Waals surface area contributed by atoms with Crippen LogP contribution in [0.2, 0.25) is 0 Å². The van der Waals surface area contributed by atoms with Gasteiger partial charge in [0.15, 0.2) is 0 Å². The zero-order valence-electron chi connectivity index (χ0n) is 30.9. The Morgan fingerprint density at radius 2 is 0.926 bits per heavy atom. The van der Waals surface area contributed by atoms with Crippen LogP contribution in [0.1, 0.15) is 62.9 Å². The van der Waals surface area contributed by atoms with E-state index in [1.165, 1.54) is 80.6 Å². The number of nitrogens with zero attached hydrogens (tertiary/aromatic N) is 1. The minimum absolute atomic E-state index is 1.14. The molecule has 1 nitrogen and oxygen atoms in total. The van der Waals surface area contributed by atoms with Gasteiger partial charge in [-0.15, -0.1) is 0 Å². The van der Waals surface area contributed by atoms with Crippen molar-refractivity contribution in [1.29, 1.82) is 0 Å². The monoisotopic (exact) mass is 695 g/mol. The molecular weight excluding hydrogens is 651 g/mol. The number of allylic oxidation sites excluding steroid dienone is 2. The van der Waals surface area contributed by atoms with Gasteiger partial charge in [0, 0.05) is 17.1 Å². The average molecular weight is 696 g/mol. The van der Waals surface area contributed by atoms with Crippen LogP contribution < -0.4 is 4.90 Å². The number of anilines is 3. The number of aryl methyl sites for hydroxylation is 3. The number of hydrogen-bond donors (Lipinski definition) is 0. The quantitative estimate of drug-likeness (QED) is 0.102.